The summed E-state index contributed by atoms with van der Waals surface area (Å²) in [5.41, 5.74) is 13.6. The van der Waals surface area contributed by atoms with E-state index in [2.05, 4.69) is 161 Å². The molecule has 0 saturated heterocycles. The first-order chi connectivity index (χ1) is 24.0. The molecule has 0 radical (unpaired) electrons. The Bertz CT molecular complexity index is 2450. The van der Waals surface area contributed by atoms with Crippen molar-refractivity contribution in [2.24, 2.45) is 7.05 Å². The minimum Gasteiger partial charge on any atom is -0.451 e. The summed E-state index contributed by atoms with van der Waals surface area (Å²) in [4.78, 5) is 13.2. The van der Waals surface area contributed by atoms with Crippen molar-refractivity contribution in [2.75, 3.05) is 6.61 Å². The highest BCUT2D eigenvalue weighted by atomic mass is 16.5. The number of fused-ring (bicyclic) bond motifs is 5. The molecule has 7 aromatic rings. The summed E-state index contributed by atoms with van der Waals surface area (Å²) >= 11 is 0. The Hall–Kier alpha value is -5.94. The summed E-state index contributed by atoms with van der Waals surface area (Å²) in [5, 5.41) is 2.47. The van der Waals surface area contributed by atoms with Crippen LogP contribution in [0.2, 0.25) is 0 Å². The van der Waals surface area contributed by atoms with Gasteiger partial charge in [-0.1, -0.05) is 72.3 Å². The standard InChI is InChI=1S/C44H36N3O2/c1-29-17-19-30(20-18-29)33-27-39(47-24-25-49-44(48)41(47)28-33)34-12-5-4-11-32(34)26-40-42-36(38-16-7-8-22-46(38)40)14-9-15-37(42)43-35-13-6-3-10-31(35)21-23-45(43)2/h3-23,27-28,40H,24-26H2,1-2H3/q+3. The zero-order valence-electron chi connectivity index (χ0n) is 27.6. The van der Waals surface area contributed by atoms with Crippen molar-refractivity contribution in [1.29, 1.82) is 0 Å². The first-order valence-corrected chi connectivity index (χ1v) is 17.0. The van der Waals surface area contributed by atoms with Crippen molar-refractivity contribution in [3.63, 3.8) is 0 Å². The number of pyridine rings is 3. The molecule has 1 atom stereocenters. The molecule has 2 aliphatic heterocycles. The molecule has 2 aliphatic rings. The van der Waals surface area contributed by atoms with Crippen molar-refractivity contribution in [1.82, 2.24) is 0 Å². The van der Waals surface area contributed by atoms with Gasteiger partial charge in [-0.2, -0.15) is 9.13 Å². The molecule has 0 saturated carbocycles. The number of aromatic nitrogens is 3. The van der Waals surface area contributed by atoms with Crippen LogP contribution in [0.3, 0.4) is 0 Å². The van der Waals surface area contributed by atoms with Gasteiger partial charge < -0.3 is 4.74 Å². The van der Waals surface area contributed by atoms with Gasteiger partial charge in [0.25, 0.3) is 5.69 Å². The summed E-state index contributed by atoms with van der Waals surface area (Å²) in [7, 11) is 2.15. The highest BCUT2D eigenvalue weighted by molar-refractivity contribution is 5.95. The van der Waals surface area contributed by atoms with Gasteiger partial charge in [-0.05, 0) is 59.3 Å². The van der Waals surface area contributed by atoms with E-state index in [9.17, 15) is 4.79 Å². The minimum absolute atomic E-state index is 0.0635. The Morgan fingerprint density at radius 1 is 0.694 bits per heavy atom. The molecule has 1 unspecified atom stereocenters. The van der Waals surface area contributed by atoms with E-state index in [1.807, 2.05) is 6.07 Å². The molecule has 236 valence electrons. The van der Waals surface area contributed by atoms with Crippen LogP contribution < -0.4 is 13.7 Å². The van der Waals surface area contributed by atoms with Crippen LogP contribution in [0, 0.1) is 6.92 Å². The fourth-order valence-corrected chi connectivity index (χ4v) is 7.93. The number of nitrogens with zero attached hydrogens (tertiary/aromatic N) is 3. The zero-order chi connectivity index (χ0) is 33.1. The van der Waals surface area contributed by atoms with E-state index in [1.165, 1.54) is 50.0 Å². The van der Waals surface area contributed by atoms with Crippen LogP contribution in [0.1, 0.15) is 33.2 Å². The van der Waals surface area contributed by atoms with E-state index >= 15 is 0 Å². The number of hydrogen-bond acceptors (Lipinski definition) is 2. The predicted octanol–water partition coefficient (Wildman–Crippen LogP) is 7.53. The van der Waals surface area contributed by atoms with Gasteiger partial charge in [0, 0.05) is 47.9 Å². The van der Waals surface area contributed by atoms with Crippen molar-refractivity contribution in [2.45, 2.75) is 25.9 Å². The van der Waals surface area contributed by atoms with Gasteiger partial charge in [0.15, 0.2) is 31.6 Å². The number of ether oxygens (including phenoxy) is 1. The lowest BCUT2D eigenvalue weighted by molar-refractivity contribution is -0.697. The quantitative estimate of drug-likeness (QED) is 0.144. The SMILES string of the molecule is Cc1ccc(-c2cc3[n+](c(-c4ccccc4CC4c5c(-c6c7ccccc7cc[n+]6C)cccc5-c5cccc[n+]54)c2)CCOC3=O)cc1. The van der Waals surface area contributed by atoms with Crippen molar-refractivity contribution in [3.8, 4) is 44.9 Å². The monoisotopic (exact) mass is 638 g/mol. The second-order valence-electron chi connectivity index (χ2n) is 13.2. The van der Waals surface area contributed by atoms with Gasteiger partial charge >= 0.3 is 5.97 Å². The second-order valence-corrected chi connectivity index (χ2v) is 13.2. The molecular formula is C44H36N3O2+3. The Labute approximate surface area is 286 Å². The summed E-state index contributed by atoms with van der Waals surface area (Å²) < 4.78 is 12.4. The average molecular weight is 639 g/mol. The third kappa shape index (κ3) is 4.84. The predicted molar refractivity (Wildman–Crippen MR) is 191 cm³/mol. The van der Waals surface area contributed by atoms with Crippen LogP contribution in [0.5, 0.6) is 0 Å². The third-order valence-corrected chi connectivity index (χ3v) is 10.3. The van der Waals surface area contributed by atoms with Crippen LogP contribution in [-0.2, 0) is 24.8 Å². The maximum atomic E-state index is 13.2. The van der Waals surface area contributed by atoms with Crippen LogP contribution in [0.4, 0.5) is 0 Å². The number of rotatable bonds is 5. The van der Waals surface area contributed by atoms with Crippen LogP contribution in [0.25, 0.3) is 55.7 Å². The molecule has 0 fully saturated rings. The average Bonchev–Trinajstić information content (AvgIpc) is 3.45. The molecule has 49 heavy (non-hydrogen) atoms. The first kappa shape index (κ1) is 29.2. The maximum absolute atomic E-state index is 13.2. The molecule has 5 heterocycles. The number of esters is 1. The smallest absolute Gasteiger partial charge is 0.403 e. The topological polar surface area (TPSA) is 37.9 Å². The highest BCUT2D eigenvalue weighted by Gasteiger charge is 2.41. The molecule has 0 bridgehead atoms. The number of cyclic esters (lactones) is 1. The molecule has 0 aliphatic carbocycles. The van der Waals surface area contributed by atoms with E-state index in [1.54, 1.807) is 0 Å². The van der Waals surface area contributed by atoms with E-state index in [4.69, 9.17) is 4.74 Å². The lowest BCUT2D eigenvalue weighted by Crippen LogP contribution is -2.49. The summed E-state index contributed by atoms with van der Waals surface area (Å²) in [6, 6.07) is 45.6. The van der Waals surface area contributed by atoms with Crippen LogP contribution in [0.15, 0.2) is 140 Å². The fourth-order valence-electron chi connectivity index (χ4n) is 7.93. The molecular weight excluding hydrogens is 603 g/mol. The van der Waals surface area contributed by atoms with Gasteiger partial charge in [0.1, 0.15) is 7.05 Å². The maximum Gasteiger partial charge on any atom is 0.403 e. The summed E-state index contributed by atoms with van der Waals surface area (Å²) in [6.07, 6.45) is 5.17. The molecule has 5 nitrogen and oxygen atoms in total. The number of benzene rings is 4. The largest absolute Gasteiger partial charge is 0.451 e. The fraction of sp³-hybridized carbons (Fsp3) is 0.136. The van der Waals surface area contributed by atoms with Crippen LogP contribution in [-0.4, -0.2) is 12.6 Å². The summed E-state index contributed by atoms with van der Waals surface area (Å²) in [6.45, 7) is 3.07. The Kier molecular flexibility index (Phi) is 6.94. The molecule has 9 rings (SSSR count). The second kappa shape index (κ2) is 11.6. The number of carbonyl (C=O) groups is 1. The Balaban J connectivity index is 1.23. The lowest BCUT2D eigenvalue weighted by Gasteiger charge is -2.18. The van der Waals surface area contributed by atoms with E-state index in [0.29, 0.717) is 18.8 Å². The van der Waals surface area contributed by atoms with Crippen molar-refractivity contribution >= 4 is 16.7 Å². The van der Waals surface area contributed by atoms with Crippen molar-refractivity contribution in [3.05, 3.63) is 162 Å². The third-order valence-electron chi connectivity index (χ3n) is 10.3. The van der Waals surface area contributed by atoms with Gasteiger partial charge in [-0.15, -0.1) is 0 Å². The highest BCUT2D eigenvalue weighted by Crippen LogP contribution is 2.43. The number of carbonyl (C=O) groups excluding carboxylic acids is 1. The normalized spacial score (nSPS) is 14.7. The molecule has 5 heteroatoms. The van der Waals surface area contributed by atoms with Gasteiger partial charge in [-0.3, -0.25) is 0 Å². The Morgan fingerprint density at radius 2 is 1.45 bits per heavy atom. The number of aryl methyl sites for hydroxylation is 2. The van der Waals surface area contributed by atoms with Gasteiger partial charge in [0.2, 0.25) is 17.1 Å². The van der Waals surface area contributed by atoms with E-state index < -0.39 is 0 Å². The molecule has 4 aromatic carbocycles. The summed E-state index contributed by atoms with van der Waals surface area (Å²) in [5.74, 6) is -0.277. The van der Waals surface area contributed by atoms with E-state index in [0.717, 1.165) is 28.8 Å². The molecule has 0 N–H and O–H groups in total. The lowest BCUT2D eigenvalue weighted by atomic mass is 9.88. The van der Waals surface area contributed by atoms with Crippen LogP contribution >= 0.6 is 0 Å². The zero-order valence-corrected chi connectivity index (χ0v) is 27.6. The van der Waals surface area contributed by atoms with E-state index in [-0.39, 0.29) is 12.0 Å². The molecule has 3 aromatic heterocycles. The van der Waals surface area contributed by atoms with Crippen molar-refractivity contribution < 1.29 is 23.2 Å². The van der Waals surface area contributed by atoms with Gasteiger partial charge in [0.05, 0.1) is 16.5 Å². The minimum atomic E-state index is -0.277. The molecule has 0 spiro atoms. The van der Waals surface area contributed by atoms with Gasteiger partial charge in [-0.25, -0.2) is 9.36 Å². The first-order valence-electron chi connectivity index (χ1n) is 17.0. The number of hydrogen-bond donors (Lipinski definition) is 0. The Morgan fingerprint density at radius 3 is 2.35 bits per heavy atom. The molecule has 0 amide bonds.